The van der Waals surface area contributed by atoms with Crippen molar-refractivity contribution in [2.45, 2.75) is 64.1 Å². The zero-order valence-corrected chi connectivity index (χ0v) is 20.6. The molecule has 3 heterocycles. The van der Waals surface area contributed by atoms with E-state index in [4.69, 9.17) is 15.0 Å². The molecule has 0 spiro atoms. The highest BCUT2D eigenvalue weighted by Crippen LogP contribution is 2.33. The second-order valence-corrected chi connectivity index (χ2v) is 10.5. The fraction of sp³-hybridized carbons (Fsp3) is 0.423. The van der Waals surface area contributed by atoms with Crippen LogP contribution >= 0.6 is 11.3 Å². The van der Waals surface area contributed by atoms with E-state index in [0.717, 1.165) is 29.8 Å². The van der Waals surface area contributed by atoms with Crippen LogP contribution in [0.2, 0.25) is 0 Å². The van der Waals surface area contributed by atoms with Gasteiger partial charge < -0.3 is 20.3 Å². The first-order chi connectivity index (χ1) is 16.5. The Morgan fingerprint density at radius 1 is 1.06 bits per heavy atom. The normalized spacial score (nSPS) is 14.7. The molecule has 1 aliphatic rings. The molecule has 7 nitrogen and oxygen atoms in total. The van der Waals surface area contributed by atoms with Crippen LogP contribution in [0.3, 0.4) is 0 Å². The molecule has 0 aliphatic heterocycles. The maximum absolute atomic E-state index is 10.1. The lowest BCUT2D eigenvalue weighted by Crippen LogP contribution is -2.23. The number of rotatable bonds is 9. The summed E-state index contributed by atoms with van der Waals surface area (Å²) in [5.74, 6) is 1.29. The van der Waals surface area contributed by atoms with E-state index in [2.05, 4.69) is 56.3 Å². The molecule has 178 valence electrons. The highest BCUT2D eigenvalue weighted by atomic mass is 32.1. The average Bonchev–Trinajstić information content (AvgIpc) is 3.58. The predicted octanol–water partition coefficient (Wildman–Crippen LogP) is 5.85. The minimum absolute atomic E-state index is 0.446. The monoisotopic (exact) mass is 476 g/mol. The number of hydrogen-bond donors (Lipinski definition) is 3. The van der Waals surface area contributed by atoms with Gasteiger partial charge in [0.25, 0.3) is 0 Å². The summed E-state index contributed by atoms with van der Waals surface area (Å²) < 4.78 is 2.21. The van der Waals surface area contributed by atoms with Crippen molar-refractivity contribution >= 4 is 34.3 Å². The number of nitrogens with one attached hydrogen (secondary N) is 2. The number of imidazole rings is 1. The molecule has 0 bridgehead atoms. The van der Waals surface area contributed by atoms with Gasteiger partial charge in [-0.25, -0.2) is 4.98 Å². The molecular weight excluding hydrogens is 444 g/mol. The molecule has 34 heavy (non-hydrogen) atoms. The Morgan fingerprint density at radius 2 is 1.85 bits per heavy atom. The second-order valence-electron chi connectivity index (χ2n) is 9.71. The lowest BCUT2D eigenvalue weighted by Gasteiger charge is -2.17. The quantitative estimate of drug-likeness (QED) is 0.281. The lowest BCUT2D eigenvalue weighted by molar-refractivity contribution is 0.0748. The third-order valence-corrected chi connectivity index (χ3v) is 7.11. The Bertz CT molecular complexity index is 1220. The van der Waals surface area contributed by atoms with E-state index in [0.29, 0.717) is 31.5 Å². The number of thiophene rings is 1. The molecule has 8 heteroatoms. The van der Waals surface area contributed by atoms with E-state index in [9.17, 15) is 5.11 Å². The number of anilines is 2. The Morgan fingerprint density at radius 3 is 2.56 bits per heavy atom. The molecule has 3 aromatic heterocycles. The molecule has 3 N–H and O–H groups in total. The number of aromatic nitrogens is 4. The van der Waals surface area contributed by atoms with Crippen molar-refractivity contribution < 1.29 is 5.11 Å². The van der Waals surface area contributed by atoms with Gasteiger partial charge in [0.05, 0.1) is 11.9 Å². The molecule has 4 aromatic rings. The molecule has 0 amide bonds. The van der Waals surface area contributed by atoms with Gasteiger partial charge in [0.15, 0.2) is 17.0 Å². The summed E-state index contributed by atoms with van der Waals surface area (Å²) in [6, 6.07) is 11.2. The van der Waals surface area contributed by atoms with E-state index in [1.54, 1.807) is 11.3 Å². The molecule has 1 aliphatic carbocycles. The van der Waals surface area contributed by atoms with Gasteiger partial charge in [0, 0.05) is 19.1 Å². The van der Waals surface area contributed by atoms with E-state index < -0.39 is 5.60 Å². The number of nitrogens with zero attached hydrogens (tertiary/aromatic N) is 4. The van der Waals surface area contributed by atoms with Gasteiger partial charge in [-0.05, 0) is 66.6 Å². The highest BCUT2D eigenvalue weighted by Gasteiger charge is 2.22. The van der Waals surface area contributed by atoms with Crippen LogP contribution in [0, 0.1) is 0 Å². The molecule has 5 rings (SSSR count). The van der Waals surface area contributed by atoms with Gasteiger partial charge in [0.2, 0.25) is 5.95 Å². The summed E-state index contributed by atoms with van der Waals surface area (Å²) in [7, 11) is 0. The Balaban J connectivity index is 1.38. The van der Waals surface area contributed by atoms with Crippen LogP contribution in [0.1, 0.15) is 57.6 Å². The third kappa shape index (κ3) is 5.23. The van der Waals surface area contributed by atoms with Crippen molar-refractivity contribution in [1.29, 1.82) is 0 Å². The minimum atomic E-state index is -0.737. The third-order valence-electron chi connectivity index (χ3n) is 6.43. The zero-order chi connectivity index (χ0) is 23.5. The minimum Gasteiger partial charge on any atom is -0.390 e. The van der Waals surface area contributed by atoms with E-state index in [1.807, 2.05) is 20.2 Å². The number of benzene rings is 1. The number of hydrogen-bond acceptors (Lipinski definition) is 7. The van der Waals surface area contributed by atoms with Crippen molar-refractivity contribution in [2.75, 3.05) is 17.2 Å². The van der Waals surface area contributed by atoms with Gasteiger partial charge in [-0.15, -0.1) is 0 Å². The fourth-order valence-corrected chi connectivity index (χ4v) is 5.14. The van der Waals surface area contributed by atoms with Crippen molar-refractivity contribution in [3.8, 4) is 11.1 Å². The second kappa shape index (κ2) is 9.72. The molecule has 1 aromatic carbocycles. The molecular formula is C26H32N6OS. The van der Waals surface area contributed by atoms with Gasteiger partial charge >= 0.3 is 0 Å². The van der Waals surface area contributed by atoms with Gasteiger partial charge in [-0.2, -0.15) is 21.3 Å². The smallest absolute Gasteiger partial charge is 0.226 e. The van der Waals surface area contributed by atoms with Crippen LogP contribution in [0.5, 0.6) is 0 Å². The molecule has 1 fully saturated rings. The number of aliphatic hydroxyl groups is 1. The van der Waals surface area contributed by atoms with Crippen LogP contribution in [0.15, 0.2) is 47.4 Å². The Hall–Kier alpha value is -2.97. The van der Waals surface area contributed by atoms with E-state index in [1.165, 1.54) is 29.5 Å². The zero-order valence-electron chi connectivity index (χ0n) is 19.8. The Kier molecular flexibility index (Phi) is 6.52. The number of fused-ring (bicyclic) bond motifs is 1. The van der Waals surface area contributed by atoms with Crippen LogP contribution in [-0.2, 0) is 6.54 Å². The predicted molar refractivity (Wildman–Crippen MR) is 139 cm³/mol. The molecule has 0 unspecified atom stereocenters. The summed E-state index contributed by atoms with van der Waals surface area (Å²) in [4.78, 5) is 14.2. The molecule has 0 atom stereocenters. The highest BCUT2D eigenvalue weighted by molar-refractivity contribution is 7.08. The topological polar surface area (TPSA) is 87.9 Å². The summed E-state index contributed by atoms with van der Waals surface area (Å²) in [5.41, 5.74) is 4.58. The fourth-order valence-electron chi connectivity index (χ4n) is 4.48. The van der Waals surface area contributed by atoms with Crippen LogP contribution in [0.25, 0.3) is 22.3 Å². The van der Waals surface area contributed by atoms with Crippen LogP contribution in [-0.4, -0.2) is 36.8 Å². The SMILES string of the molecule is CC(C)(O)CCNc1nc(NCc2ccc(-c3ccsc3)cc2)c2ncn(C3CCCC3)c2n1. The van der Waals surface area contributed by atoms with Gasteiger partial charge in [-0.3, -0.25) is 0 Å². The molecule has 1 saturated carbocycles. The average molecular weight is 477 g/mol. The summed E-state index contributed by atoms with van der Waals surface area (Å²) in [5, 5.41) is 21.1. The largest absolute Gasteiger partial charge is 0.390 e. The van der Waals surface area contributed by atoms with E-state index >= 15 is 0 Å². The van der Waals surface area contributed by atoms with Crippen LogP contribution in [0.4, 0.5) is 11.8 Å². The summed E-state index contributed by atoms with van der Waals surface area (Å²) >= 11 is 1.71. The van der Waals surface area contributed by atoms with Gasteiger partial charge in [0.1, 0.15) is 0 Å². The lowest BCUT2D eigenvalue weighted by atomic mass is 10.1. The first-order valence-corrected chi connectivity index (χ1v) is 13.0. The molecule has 0 radical (unpaired) electrons. The maximum Gasteiger partial charge on any atom is 0.226 e. The first kappa shape index (κ1) is 22.8. The maximum atomic E-state index is 10.1. The summed E-state index contributed by atoms with van der Waals surface area (Å²) in [6.07, 6.45) is 7.34. The Labute approximate surface area is 204 Å². The first-order valence-electron chi connectivity index (χ1n) is 12.0. The van der Waals surface area contributed by atoms with Crippen molar-refractivity contribution in [3.05, 3.63) is 53.0 Å². The van der Waals surface area contributed by atoms with Crippen molar-refractivity contribution in [1.82, 2.24) is 19.5 Å². The van der Waals surface area contributed by atoms with Crippen molar-refractivity contribution in [2.24, 2.45) is 0 Å². The van der Waals surface area contributed by atoms with Crippen molar-refractivity contribution in [3.63, 3.8) is 0 Å². The standard InChI is InChI=1S/C26H32N6OS/c1-26(2,33)12-13-27-25-30-23(22-24(31-25)32(17-29-22)21-5-3-4-6-21)28-15-18-7-9-19(10-8-18)20-11-14-34-16-20/h7-11,14,16-17,21,33H,3-6,12-13,15H2,1-2H3,(H2,27,28,30,31). The van der Waals surface area contributed by atoms with Crippen LogP contribution < -0.4 is 10.6 Å². The molecule has 0 saturated heterocycles. The van der Waals surface area contributed by atoms with E-state index in [-0.39, 0.29) is 0 Å². The summed E-state index contributed by atoms with van der Waals surface area (Å²) in [6.45, 7) is 4.86. The van der Waals surface area contributed by atoms with Gasteiger partial charge in [-0.1, -0.05) is 37.1 Å².